The highest BCUT2D eigenvalue weighted by molar-refractivity contribution is 5.75. The van der Waals surface area contributed by atoms with Gasteiger partial charge < -0.3 is 15.4 Å². The molecule has 2 aromatic carbocycles. The van der Waals surface area contributed by atoms with Gasteiger partial charge >= 0.3 is 6.03 Å². The first-order chi connectivity index (χ1) is 10.7. The third-order valence-electron chi connectivity index (χ3n) is 4.04. The lowest BCUT2D eigenvalue weighted by atomic mass is 10.1. The number of carbonyl (C=O) groups is 1. The van der Waals surface area contributed by atoms with Crippen molar-refractivity contribution in [2.24, 2.45) is 0 Å². The minimum Gasteiger partial charge on any atom is -0.497 e. The highest BCUT2D eigenvalue weighted by Crippen LogP contribution is 2.45. The van der Waals surface area contributed by atoms with Crippen LogP contribution in [0.2, 0.25) is 0 Å². The van der Waals surface area contributed by atoms with Gasteiger partial charge in [-0.2, -0.15) is 0 Å². The molecule has 1 aliphatic rings. The fourth-order valence-electron chi connectivity index (χ4n) is 2.56. The lowest BCUT2D eigenvalue weighted by molar-refractivity contribution is 0.235. The molecular weight excluding hydrogens is 276 g/mol. The maximum absolute atomic E-state index is 12.1. The van der Waals surface area contributed by atoms with Crippen molar-refractivity contribution in [3.63, 3.8) is 0 Å². The predicted octanol–water partition coefficient (Wildman–Crippen LogP) is 3.18. The number of rotatable bonds is 5. The van der Waals surface area contributed by atoms with E-state index in [4.69, 9.17) is 4.74 Å². The molecule has 0 aromatic heterocycles. The van der Waals surface area contributed by atoms with Gasteiger partial charge in [0.05, 0.1) is 12.6 Å². The monoisotopic (exact) mass is 296 g/mol. The Kier molecular flexibility index (Phi) is 4.00. The van der Waals surface area contributed by atoms with E-state index in [1.54, 1.807) is 7.11 Å². The Morgan fingerprint density at radius 2 is 1.77 bits per heavy atom. The van der Waals surface area contributed by atoms with Crippen LogP contribution >= 0.6 is 0 Å². The molecule has 0 radical (unpaired) electrons. The maximum atomic E-state index is 12.1. The van der Waals surface area contributed by atoms with Crippen molar-refractivity contribution in [3.8, 4) is 5.75 Å². The average molecular weight is 296 g/mol. The first kappa shape index (κ1) is 14.4. The van der Waals surface area contributed by atoms with E-state index in [9.17, 15) is 4.79 Å². The second-order valence-corrected chi connectivity index (χ2v) is 5.60. The van der Waals surface area contributed by atoms with Crippen LogP contribution in [0.15, 0.2) is 54.6 Å². The fourth-order valence-corrected chi connectivity index (χ4v) is 2.56. The summed E-state index contributed by atoms with van der Waals surface area (Å²) < 4.78 is 5.17. The van der Waals surface area contributed by atoms with E-state index in [1.807, 2.05) is 54.6 Å². The van der Waals surface area contributed by atoms with Crippen molar-refractivity contribution in [2.45, 2.75) is 24.9 Å². The second kappa shape index (κ2) is 6.10. The molecule has 2 aromatic rings. The van der Waals surface area contributed by atoms with Crippen LogP contribution in [0.5, 0.6) is 5.75 Å². The number of amides is 2. The van der Waals surface area contributed by atoms with Crippen LogP contribution in [0.1, 0.15) is 24.0 Å². The zero-order valence-electron chi connectivity index (χ0n) is 12.6. The summed E-state index contributed by atoms with van der Waals surface area (Å²) in [7, 11) is 1.65. The molecule has 1 saturated carbocycles. The third-order valence-corrected chi connectivity index (χ3v) is 4.04. The quantitative estimate of drug-likeness (QED) is 0.890. The van der Waals surface area contributed by atoms with Crippen LogP contribution in [0.3, 0.4) is 0 Å². The van der Waals surface area contributed by atoms with Crippen LogP contribution in [-0.4, -0.2) is 13.1 Å². The van der Waals surface area contributed by atoms with Gasteiger partial charge in [0, 0.05) is 6.54 Å². The number of hydrogen-bond acceptors (Lipinski definition) is 2. The van der Waals surface area contributed by atoms with Crippen LogP contribution in [0, 0.1) is 0 Å². The van der Waals surface area contributed by atoms with Crippen molar-refractivity contribution in [1.82, 2.24) is 10.6 Å². The molecule has 0 spiro atoms. The van der Waals surface area contributed by atoms with Crippen molar-refractivity contribution in [3.05, 3.63) is 65.7 Å². The van der Waals surface area contributed by atoms with Gasteiger partial charge in [-0.25, -0.2) is 4.79 Å². The molecule has 114 valence electrons. The normalized spacial score (nSPS) is 15.0. The molecule has 4 nitrogen and oxygen atoms in total. The van der Waals surface area contributed by atoms with E-state index in [-0.39, 0.29) is 11.6 Å². The molecule has 1 fully saturated rings. The second-order valence-electron chi connectivity index (χ2n) is 5.60. The van der Waals surface area contributed by atoms with Crippen LogP contribution < -0.4 is 15.4 Å². The summed E-state index contributed by atoms with van der Waals surface area (Å²) in [5.74, 6) is 0.827. The van der Waals surface area contributed by atoms with E-state index in [0.717, 1.165) is 29.7 Å². The Balaban J connectivity index is 1.58. The van der Waals surface area contributed by atoms with Gasteiger partial charge in [0.25, 0.3) is 0 Å². The molecular formula is C18H20N2O2. The molecule has 2 amide bonds. The molecule has 0 saturated heterocycles. The van der Waals surface area contributed by atoms with Crippen LogP contribution in [0.25, 0.3) is 0 Å². The molecule has 3 rings (SSSR count). The summed E-state index contributed by atoms with van der Waals surface area (Å²) in [6, 6.07) is 17.7. The standard InChI is InChI=1S/C18H20N2O2/c1-22-16-9-7-15(8-10-16)18(11-12-18)20-17(21)19-13-14-5-3-2-4-6-14/h2-10H,11-13H2,1H3,(H2,19,20,21). The number of hydrogen-bond donors (Lipinski definition) is 2. The highest BCUT2D eigenvalue weighted by atomic mass is 16.5. The number of nitrogens with one attached hydrogen (secondary N) is 2. The molecule has 0 aliphatic heterocycles. The smallest absolute Gasteiger partial charge is 0.315 e. The fraction of sp³-hybridized carbons (Fsp3) is 0.278. The zero-order valence-corrected chi connectivity index (χ0v) is 12.6. The van der Waals surface area contributed by atoms with E-state index in [2.05, 4.69) is 10.6 Å². The number of urea groups is 1. The lowest BCUT2D eigenvalue weighted by Gasteiger charge is -2.19. The summed E-state index contributed by atoms with van der Waals surface area (Å²) in [6.07, 6.45) is 1.94. The van der Waals surface area contributed by atoms with Crippen LogP contribution in [0.4, 0.5) is 4.79 Å². The average Bonchev–Trinajstić information content (AvgIpc) is 3.35. The molecule has 22 heavy (non-hydrogen) atoms. The Labute approximate surface area is 130 Å². The number of ether oxygens (including phenoxy) is 1. The zero-order chi connectivity index (χ0) is 15.4. The molecule has 0 atom stereocenters. The van der Waals surface area contributed by atoms with Crippen molar-refractivity contribution in [2.75, 3.05) is 7.11 Å². The van der Waals surface area contributed by atoms with Gasteiger partial charge in [0.2, 0.25) is 0 Å². The van der Waals surface area contributed by atoms with Crippen molar-refractivity contribution < 1.29 is 9.53 Å². The van der Waals surface area contributed by atoms with E-state index < -0.39 is 0 Å². The summed E-state index contributed by atoms with van der Waals surface area (Å²) in [5, 5.41) is 6.01. The molecule has 0 unspecified atom stereocenters. The molecule has 0 heterocycles. The summed E-state index contributed by atoms with van der Waals surface area (Å²) in [6.45, 7) is 0.533. The Bertz CT molecular complexity index is 634. The number of benzene rings is 2. The highest BCUT2D eigenvalue weighted by Gasteiger charge is 2.45. The Morgan fingerprint density at radius 3 is 2.36 bits per heavy atom. The Hall–Kier alpha value is -2.49. The topological polar surface area (TPSA) is 50.4 Å². The van der Waals surface area contributed by atoms with E-state index in [0.29, 0.717) is 6.54 Å². The maximum Gasteiger partial charge on any atom is 0.315 e. The van der Waals surface area contributed by atoms with Gasteiger partial charge in [-0.3, -0.25) is 0 Å². The molecule has 0 bridgehead atoms. The van der Waals surface area contributed by atoms with Crippen molar-refractivity contribution in [1.29, 1.82) is 0 Å². The predicted molar refractivity (Wildman–Crippen MR) is 85.7 cm³/mol. The van der Waals surface area contributed by atoms with Gasteiger partial charge in [-0.15, -0.1) is 0 Å². The SMILES string of the molecule is COc1ccc(C2(NC(=O)NCc3ccccc3)CC2)cc1. The molecule has 4 heteroatoms. The van der Waals surface area contributed by atoms with Crippen molar-refractivity contribution >= 4 is 6.03 Å². The summed E-state index contributed by atoms with van der Waals surface area (Å²) >= 11 is 0. The number of methoxy groups -OCH3 is 1. The Morgan fingerprint density at radius 1 is 1.09 bits per heavy atom. The largest absolute Gasteiger partial charge is 0.497 e. The van der Waals surface area contributed by atoms with E-state index >= 15 is 0 Å². The van der Waals surface area contributed by atoms with Gasteiger partial charge in [0.15, 0.2) is 0 Å². The van der Waals surface area contributed by atoms with E-state index in [1.165, 1.54) is 0 Å². The minimum absolute atomic E-state index is 0.128. The van der Waals surface area contributed by atoms with Gasteiger partial charge in [-0.05, 0) is 36.1 Å². The summed E-state index contributed by atoms with van der Waals surface area (Å²) in [5.41, 5.74) is 2.00. The summed E-state index contributed by atoms with van der Waals surface area (Å²) in [4.78, 5) is 12.1. The molecule has 2 N–H and O–H groups in total. The molecule has 1 aliphatic carbocycles. The first-order valence-corrected chi connectivity index (χ1v) is 7.46. The first-order valence-electron chi connectivity index (χ1n) is 7.46. The van der Waals surface area contributed by atoms with Gasteiger partial charge in [0.1, 0.15) is 5.75 Å². The minimum atomic E-state index is -0.215. The van der Waals surface area contributed by atoms with Gasteiger partial charge in [-0.1, -0.05) is 42.5 Å². The number of carbonyl (C=O) groups excluding carboxylic acids is 1. The lowest BCUT2D eigenvalue weighted by Crippen LogP contribution is -2.41. The van der Waals surface area contributed by atoms with Crippen LogP contribution in [-0.2, 0) is 12.1 Å². The third kappa shape index (κ3) is 3.22.